The van der Waals surface area contributed by atoms with E-state index in [1.54, 1.807) is 6.20 Å². The van der Waals surface area contributed by atoms with E-state index in [0.29, 0.717) is 0 Å². The zero-order valence-electron chi connectivity index (χ0n) is 7.74. The zero-order chi connectivity index (χ0) is 10.1. The Bertz CT molecular complexity index is 350. The van der Waals surface area contributed by atoms with E-state index >= 15 is 0 Å². The Labute approximate surface area is 90.6 Å². The maximum absolute atomic E-state index is 11.2. The summed E-state index contributed by atoms with van der Waals surface area (Å²) in [6.45, 7) is 0. The van der Waals surface area contributed by atoms with Gasteiger partial charge < -0.3 is 4.74 Å². The van der Waals surface area contributed by atoms with Crippen LogP contribution in [0.25, 0.3) is 0 Å². The molecule has 1 aromatic rings. The minimum absolute atomic E-state index is 0.0219. The van der Waals surface area contributed by atoms with E-state index < -0.39 is 0 Å². The number of aromatic nitrogens is 1. The Hall–Kier alpha value is -0.900. The van der Waals surface area contributed by atoms with E-state index in [1.165, 1.54) is 7.11 Å². The van der Waals surface area contributed by atoms with Gasteiger partial charge in [0.15, 0.2) is 0 Å². The molecule has 3 nitrogen and oxygen atoms in total. The molecule has 0 aromatic carbocycles. The molecule has 1 saturated carbocycles. The first kappa shape index (κ1) is 9.65. The number of methoxy groups -OCH3 is 1. The summed E-state index contributed by atoms with van der Waals surface area (Å²) in [6.07, 6.45) is 2.61. The van der Waals surface area contributed by atoms with Crippen LogP contribution in [0.2, 0.25) is 0 Å². The van der Waals surface area contributed by atoms with E-state index in [1.807, 2.05) is 12.1 Å². The summed E-state index contributed by atoms with van der Waals surface area (Å²) in [4.78, 5) is 15.4. The van der Waals surface area contributed by atoms with Crippen molar-refractivity contribution in [1.82, 2.24) is 4.98 Å². The topological polar surface area (TPSA) is 39.2 Å². The van der Waals surface area contributed by atoms with Crippen molar-refractivity contribution in [1.29, 1.82) is 0 Å². The fraction of sp³-hybridized carbons (Fsp3) is 0.400. The third-order valence-electron chi connectivity index (χ3n) is 2.42. The molecular weight excluding hydrogens is 246 g/mol. The fourth-order valence-electron chi connectivity index (χ4n) is 1.54. The summed E-state index contributed by atoms with van der Waals surface area (Å²) >= 11 is 3.32. The van der Waals surface area contributed by atoms with Crippen LogP contribution in [0.3, 0.4) is 0 Å². The quantitative estimate of drug-likeness (QED) is 0.761. The third kappa shape index (κ3) is 1.80. The van der Waals surface area contributed by atoms with Crippen molar-refractivity contribution in [2.75, 3.05) is 7.11 Å². The molecule has 0 spiro atoms. The minimum Gasteiger partial charge on any atom is -0.469 e. The summed E-state index contributed by atoms with van der Waals surface area (Å²) in [6, 6.07) is 3.88. The van der Waals surface area contributed by atoms with E-state index in [2.05, 4.69) is 25.7 Å². The molecule has 74 valence electrons. The predicted molar refractivity (Wildman–Crippen MR) is 54.8 cm³/mol. The maximum Gasteiger partial charge on any atom is 0.309 e. The number of ether oxygens (including phenoxy) is 1. The highest BCUT2D eigenvalue weighted by molar-refractivity contribution is 9.10. The molecular formula is C10H10BrNO2. The second kappa shape index (κ2) is 3.69. The normalized spacial score (nSPS) is 24.4. The number of halogens is 1. The average molecular weight is 256 g/mol. The summed E-state index contributed by atoms with van der Waals surface area (Å²) in [5.74, 6) is 0.156. The second-order valence-electron chi connectivity index (χ2n) is 3.37. The minimum atomic E-state index is -0.125. The second-order valence-corrected chi connectivity index (χ2v) is 4.29. The van der Waals surface area contributed by atoms with Crippen LogP contribution in [0.5, 0.6) is 0 Å². The number of rotatable bonds is 2. The van der Waals surface area contributed by atoms with Crippen molar-refractivity contribution in [2.24, 2.45) is 5.92 Å². The van der Waals surface area contributed by atoms with Gasteiger partial charge in [0.1, 0.15) is 0 Å². The van der Waals surface area contributed by atoms with Crippen LogP contribution in [0.15, 0.2) is 22.8 Å². The van der Waals surface area contributed by atoms with Crippen LogP contribution in [0, 0.1) is 5.92 Å². The maximum atomic E-state index is 11.2. The molecule has 0 saturated heterocycles. The van der Waals surface area contributed by atoms with Gasteiger partial charge in [0.2, 0.25) is 0 Å². The molecule has 0 radical (unpaired) electrons. The van der Waals surface area contributed by atoms with Gasteiger partial charge in [-0.25, -0.2) is 0 Å². The van der Waals surface area contributed by atoms with Crippen LogP contribution in [-0.4, -0.2) is 18.1 Å². The molecule has 0 bridgehead atoms. The van der Waals surface area contributed by atoms with Crippen LogP contribution in [0.4, 0.5) is 0 Å². The average Bonchev–Trinajstić information content (AvgIpc) is 2.98. The lowest BCUT2D eigenvalue weighted by atomic mass is 10.2. The van der Waals surface area contributed by atoms with Crippen molar-refractivity contribution in [3.8, 4) is 0 Å². The molecule has 0 N–H and O–H groups in total. The molecule has 0 aliphatic heterocycles. The van der Waals surface area contributed by atoms with Crippen LogP contribution in [-0.2, 0) is 9.53 Å². The van der Waals surface area contributed by atoms with Gasteiger partial charge in [-0.15, -0.1) is 0 Å². The van der Waals surface area contributed by atoms with Crippen molar-refractivity contribution in [3.63, 3.8) is 0 Å². The summed E-state index contributed by atoms with van der Waals surface area (Å²) < 4.78 is 5.63. The van der Waals surface area contributed by atoms with Gasteiger partial charge in [-0.05, 0) is 34.5 Å². The molecule has 1 aliphatic carbocycles. The van der Waals surface area contributed by atoms with Gasteiger partial charge in [-0.1, -0.05) is 0 Å². The van der Waals surface area contributed by atoms with E-state index in [4.69, 9.17) is 0 Å². The predicted octanol–water partition coefficient (Wildman–Crippen LogP) is 2.12. The molecule has 14 heavy (non-hydrogen) atoms. The van der Waals surface area contributed by atoms with E-state index in [9.17, 15) is 4.79 Å². The summed E-state index contributed by atoms with van der Waals surface area (Å²) in [5, 5.41) is 0. The highest BCUT2D eigenvalue weighted by Gasteiger charge is 2.45. The first-order valence-corrected chi connectivity index (χ1v) is 5.21. The van der Waals surface area contributed by atoms with Crippen molar-refractivity contribution in [2.45, 2.75) is 12.3 Å². The lowest BCUT2D eigenvalue weighted by Crippen LogP contribution is -2.04. The first-order valence-electron chi connectivity index (χ1n) is 4.41. The number of carbonyl (C=O) groups excluding carboxylic acids is 1. The monoisotopic (exact) mass is 255 g/mol. The highest BCUT2D eigenvalue weighted by Crippen LogP contribution is 2.47. The number of pyridine rings is 1. The molecule has 1 aliphatic rings. The van der Waals surface area contributed by atoms with Gasteiger partial charge >= 0.3 is 5.97 Å². The largest absolute Gasteiger partial charge is 0.469 e. The number of hydrogen-bond donors (Lipinski definition) is 0. The Morgan fingerprint density at radius 1 is 1.64 bits per heavy atom. The molecule has 4 heteroatoms. The van der Waals surface area contributed by atoms with E-state index in [-0.39, 0.29) is 17.8 Å². The Balaban J connectivity index is 2.06. The SMILES string of the molecule is COC(=O)[C@H]1C[C@@H]1c1ccc(Br)cn1. The van der Waals surface area contributed by atoms with Gasteiger partial charge in [-0.3, -0.25) is 9.78 Å². The summed E-state index contributed by atoms with van der Waals surface area (Å²) in [7, 11) is 1.42. The smallest absolute Gasteiger partial charge is 0.309 e. The van der Waals surface area contributed by atoms with Gasteiger partial charge in [-0.2, -0.15) is 0 Å². The fourth-order valence-corrected chi connectivity index (χ4v) is 1.77. The molecule has 2 rings (SSSR count). The van der Waals surface area contributed by atoms with Crippen LogP contribution >= 0.6 is 15.9 Å². The third-order valence-corrected chi connectivity index (χ3v) is 2.89. The lowest BCUT2D eigenvalue weighted by Gasteiger charge is -1.98. The van der Waals surface area contributed by atoms with Crippen LogP contribution < -0.4 is 0 Å². The number of carbonyl (C=O) groups is 1. The molecule has 1 heterocycles. The number of hydrogen-bond acceptors (Lipinski definition) is 3. The number of esters is 1. The zero-order valence-corrected chi connectivity index (χ0v) is 9.32. The summed E-state index contributed by atoms with van der Waals surface area (Å²) in [5.41, 5.74) is 0.976. The molecule has 0 amide bonds. The Kier molecular flexibility index (Phi) is 2.54. The molecule has 1 fully saturated rings. The van der Waals surface area contributed by atoms with Gasteiger partial charge in [0.05, 0.1) is 13.0 Å². The highest BCUT2D eigenvalue weighted by atomic mass is 79.9. The van der Waals surface area contributed by atoms with Crippen molar-refractivity contribution in [3.05, 3.63) is 28.5 Å². The van der Waals surface area contributed by atoms with Crippen molar-refractivity contribution < 1.29 is 9.53 Å². The van der Waals surface area contributed by atoms with Crippen LogP contribution in [0.1, 0.15) is 18.0 Å². The molecule has 1 aromatic heterocycles. The Morgan fingerprint density at radius 2 is 2.43 bits per heavy atom. The molecule has 0 unspecified atom stereocenters. The first-order chi connectivity index (χ1) is 6.72. The standard InChI is InChI=1S/C10H10BrNO2/c1-14-10(13)8-4-7(8)9-3-2-6(11)5-12-9/h2-3,5,7-8H,4H2,1H3/t7-,8-/m0/s1. The van der Waals surface area contributed by atoms with Crippen molar-refractivity contribution >= 4 is 21.9 Å². The Morgan fingerprint density at radius 3 is 3.00 bits per heavy atom. The van der Waals surface area contributed by atoms with Gasteiger partial charge in [0, 0.05) is 22.3 Å². The van der Waals surface area contributed by atoms with Gasteiger partial charge in [0.25, 0.3) is 0 Å². The van der Waals surface area contributed by atoms with E-state index in [0.717, 1.165) is 16.6 Å². The molecule has 2 atom stereocenters. The number of nitrogens with zero attached hydrogens (tertiary/aromatic N) is 1. The lowest BCUT2D eigenvalue weighted by molar-refractivity contribution is -0.142.